The van der Waals surface area contributed by atoms with E-state index in [1.165, 1.54) is 11.3 Å². The lowest BCUT2D eigenvalue weighted by molar-refractivity contribution is 1.20. The van der Waals surface area contributed by atoms with Gasteiger partial charge in [0.2, 0.25) is 5.95 Å². The fourth-order valence-corrected chi connectivity index (χ4v) is 2.77. The highest BCUT2D eigenvalue weighted by atomic mass is 79.9. The third-order valence-corrected chi connectivity index (χ3v) is 3.94. The van der Waals surface area contributed by atoms with Gasteiger partial charge in [-0.05, 0) is 22.9 Å². The van der Waals surface area contributed by atoms with Crippen LogP contribution in [-0.2, 0) is 0 Å². The first-order chi connectivity index (χ1) is 6.09. The van der Waals surface area contributed by atoms with Crippen LogP contribution in [0.2, 0.25) is 0 Å². The maximum Gasteiger partial charge on any atom is 0.262 e. The maximum atomic E-state index is 11.4. The van der Waals surface area contributed by atoms with Crippen LogP contribution in [-0.4, -0.2) is 9.97 Å². The molecule has 2 rings (SSSR count). The Morgan fingerprint density at radius 2 is 2.31 bits per heavy atom. The predicted molar refractivity (Wildman–Crippen MR) is 57.1 cm³/mol. The number of fused-ring (bicyclic) bond motifs is 1. The summed E-state index contributed by atoms with van der Waals surface area (Å²) in [6.45, 7) is 1.92. The summed E-state index contributed by atoms with van der Waals surface area (Å²) >= 11 is 4.78. The molecule has 0 bridgehead atoms. The summed E-state index contributed by atoms with van der Waals surface area (Å²) in [7, 11) is 0. The van der Waals surface area contributed by atoms with Crippen molar-refractivity contribution in [2.24, 2.45) is 0 Å². The molecule has 0 aliphatic rings. The van der Waals surface area contributed by atoms with E-state index in [1.54, 1.807) is 0 Å². The van der Waals surface area contributed by atoms with Gasteiger partial charge in [0.1, 0.15) is 4.83 Å². The Morgan fingerprint density at radius 1 is 1.62 bits per heavy atom. The molecule has 0 radical (unpaired) electrons. The van der Waals surface area contributed by atoms with Gasteiger partial charge in [-0.1, -0.05) is 0 Å². The number of rotatable bonds is 0. The Hall–Kier alpha value is -0.880. The highest BCUT2D eigenvalue weighted by Gasteiger charge is 2.11. The fourth-order valence-electron chi connectivity index (χ4n) is 1.10. The fraction of sp³-hybridized carbons (Fsp3) is 0.143. The molecule has 3 N–H and O–H groups in total. The second-order valence-corrected chi connectivity index (χ2v) is 4.60. The number of thiophene rings is 1. The molecule has 0 aliphatic carbocycles. The van der Waals surface area contributed by atoms with Crippen molar-refractivity contribution >= 4 is 43.4 Å². The van der Waals surface area contributed by atoms with Gasteiger partial charge in [-0.15, -0.1) is 11.3 Å². The van der Waals surface area contributed by atoms with E-state index in [1.807, 2.05) is 6.92 Å². The van der Waals surface area contributed by atoms with Crippen molar-refractivity contribution < 1.29 is 0 Å². The third-order valence-electron chi connectivity index (χ3n) is 1.68. The Morgan fingerprint density at radius 3 is 3.00 bits per heavy atom. The van der Waals surface area contributed by atoms with Crippen molar-refractivity contribution in [1.29, 1.82) is 0 Å². The number of aromatic amines is 1. The Bertz CT molecular complexity index is 530. The number of nitrogen functional groups attached to an aromatic ring is 1. The summed E-state index contributed by atoms with van der Waals surface area (Å²) in [6.07, 6.45) is 0. The first-order valence-corrected chi connectivity index (χ1v) is 5.15. The molecule has 0 aromatic carbocycles. The van der Waals surface area contributed by atoms with Crippen LogP contribution in [0.4, 0.5) is 5.95 Å². The molecular formula is C7H6BrN3OS. The molecule has 13 heavy (non-hydrogen) atoms. The molecule has 6 heteroatoms. The van der Waals surface area contributed by atoms with Crippen molar-refractivity contribution in [2.75, 3.05) is 5.73 Å². The first kappa shape index (κ1) is 8.71. The number of aromatic nitrogens is 2. The molecule has 0 saturated heterocycles. The number of halogens is 1. The van der Waals surface area contributed by atoms with Crippen LogP contribution in [0, 0.1) is 6.92 Å². The minimum atomic E-state index is -0.196. The van der Waals surface area contributed by atoms with Gasteiger partial charge in [0.25, 0.3) is 5.56 Å². The van der Waals surface area contributed by atoms with Crippen LogP contribution < -0.4 is 11.3 Å². The van der Waals surface area contributed by atoms with E-state index >= 15 is 0 Å². The van der Waals surface area contributed by atoms with E-state index in [9.17, 15) is 4.79 Å². The lowest BCUT2D eigenvalue weighted by Gasteiger charge is -1.91. The number of anilines is 1. The number of hydrogen-bond acceptors (Lipinski definition) is 4. The van der Waals surface area contributed by atoms with Crippen LogP contribution in [0.3, 0.4) is 0 Å². The van der Waals surface area contributed by atoms with Gasteiger partial charge < -0.3 is 5.73 Å². The Balaban J connectivity index is 3.03. The lowest BCUT2D eigenvalue weighted by atomic mass is 10.4. The average Bonchev–Trinajstić information content (AvgIpc) is 2.27. The number of H-pyrrole nitrogens is 1. The molecule has 0 fully saturated rings. The first-order valence-electron chi connectivity index (χ1n) is 3.54. The number of nitrogens with one attached hydrogen (secondary N) is 1. The summed E-state index contributed by atoms with van der Waals surface area (Å²) in [5.41, 5.74) is 5.21. The molecule has 0 amide bonds. The molecule has 0 unspecified atom stereocenters. The molecule has 2 aromatic heterocycles. The van der Waals surface area contributed by atoms with E-state index in [0.29, 0.717) is 10.2 Å². The van der Waals surface area contributed by atoms with Gasteiger partial charge in [-0.3, -0.25) is 9.78 Å². The smallest absolute Gasteiger partial charge is 0.262 e. The van der Waals surface area contributed by atoms with Gasteiger partial charge in [-0.2, -0.15) is 0 Å². The van der Waals surface area contributed by atoms with Crippen LogP contribution >= 0.6 is 27.3 Å². The molecule has 0 aliphatic heterocycles. The van der Waals surface area contributed by atoms with Crippen molar-refractivity contribution in [3.8, 4) is 0 Å². The number of nitrogens with two attached hydrogens (primary N) is 1. The van der Waals surface area contributed by atoms with E-state index in [-0.39, 0.29) is 11.5 Å². The number of hydrogen-bond donors (Lipinski definition) is 2. The van der Waals surface area contributed by atoms with Crippen LogP contribution in [0.5, 0.6) is 0 Å². The summed E-state index contributed by atoms with van der Waals surface area (Å²) in [6, 6.07) is 0. The average molecular weight is 260 g/mol. The maximum absolute atomic E-state index is 11.4. The quantitative estimate of drug-likeness (QED) is 0.756. The zero-order valence-electron chi connectivity index (χ0n) is 6.72. The monoisotopic (exact) mass is 259 g/mol. The van der Waals surface area contributed by atoms with Crippen molar-refractivity contribution in [2.45, 2.75) is 6.92 Å². The Kier molecular flexibility index (Phi) is 1.88. The second kappa shape index (κ2) is 2.81. The van der Waals surface area contributed by atoms with Gasteiger partial charge in [0.15, 0.2) is 0 Å². The van der Waals surface area contributed by atoms with Crippen LogP contribution in [0.25, 0.3) is 10.2 Å². The summed E-state index contributed by atoms with van der Waals surface area (Å²) in [4.78, 5) is 19.6. The highest BCUT2D eigenvalue weighted by Crippen LogP contribution is 2.31. The van der Waals surface area contributed by atoms with Crippen molar-refractivity contribution in [3.63, 3.8) is 0 Å². The topological polar surface area (TPSA) is 71.8 Å². The van der Waals surface area contributed by atoms with E-state index in [4.69, 9.17) is 5.73 Å². The summed E-state index contributed by atoms with van der Waals surface area (Å²) in [5, 5.41) is 0.580. The van der Waals surface area contributed by atoms with E-state index in [0.717, 1.165) is 9.35 Å². The third kappa shape index (κ3) is 1.26. The van der Waals surface area contributed by atoms with Crippen molar-refractivity contribution in [3.05, 3.63) is 19.7 Å². The van der Waals surface area contributed by atoms with Gasteiger partial charge >= 0.3 is 0 Å². The van der Waals surface area contributed by atoms with E-state index in [2.05, 4.69) is 25.9 Å². The molecule has 0 spiro atoms. The molecule has 0 saturated carbocycles. The summed E-state index contributed by atoms with van der Waals surface area (Å²) in [5.74, 6) is 0.159. The van der Waals surface area contributed by atoms with Crippen LogP contribution in [0.15, 0.2) is 9.27 Å². The Labute approximate surface area is 85.9 Å². The van der Waals surface area contributed by atoms with Gasteiger partial charge in [0, 0.05) is 9.35 Å². The normalized spacial score (nSPS) is 10.9. The molecular weight excluding hydrogens is 254 g/mol. The lowest BCUT2D eigenvalue weighted by Crippen LogP contribution is -2.09. The summed E-state index contributed by atoms with van der Waals surface area (Å²) < 4.78 is 0.807. The van der Waals surface area contributed by atoms with Crippen LogP contribution in [0.1, 0.15) is 4.88 Å². The zero-order valence-corrected chi connectivity index (χ0v) is 9.12. The molecule has 4 nitrogen and oxygen atoms in total. The SMILES string of the molecule is Cc1sc2nc(N)[nH]c(=O)c2c1Br. The van der Waals surface area contributed by atoms with Gasteiger partial charge in [0.05, 0.1) is 5.39 Å². The standard InChI is InChI=1S/C7H6BrN3OS/c1-2-4(8)3-5(12)10-7(9)11-6(3)13-2/h1H3,(H3,9,10,11,12). The van der Waals surface area contributed by atoms with E-state index < -0.39 is 0 Å². The largest absolute Gasteiger partial charge is 0.369 e. The minimum absolute atomic E-state index is 0.159. The molecule has 2 heterocycles. The van der Waals surface area contributed by atoms with Crippen molar-refractivity contribution in [1.82, 2.24) is 9.97 Å². The molecule has 2 aromatic rings. The predicted octanol–water partition coefficient (Wildman–Crippen LogP) is 1.64. The molecule has 68 valence electrons. The molecule has 0 atom stereocenters. The minimum Gasteiger partial charge on any atom is -0.369 e. The van der Waals surface area contributed by atoms with Gasteiger partial charge in [-0.25, -0.2) is 4.98 Å². The number of aryl methyl sites for hydroxylation is 1. The number of nitrogens with zero attached hydrogens (tertiary/aromatic N) is 1. The second-order valence-electron chi connectivity index (χ2n) is 2.60. The zero-order chi connectivity index (χ0) is 9.59. The highest BCUT2D eigenvalue weighted by molar-refractivity contribution is 9.10.